The predicted octanol–water partition coefficient (Wildman–Crippen LogP) is -0.184. The lowest BCUT2D eigenvalue weighted by atomic mass is 10.1. The van der Waals surface area contributed by atoms with Crippen LogP contribution in [-0.4, -0.2) is 30.0 Å². The Morgan fingerprint density at radius 2 is 2.07 bits per heavy atom. The minimum atomic E-state index is -1.90. The number of rotatable bonds is 3. The molecule has 0 saturated heterocycles. The first-order valence-electron chi connectivity index (χ1n) is 4.63. The topological polar surface area (TPSA) is 71.0 Å². The van der Waals surface area contributed by atoms with Crippen LogP contribution in [-0.2, 0) is 6.42 Å². The van der Waals surface area contributed by atoms with Crippen molar-refractivity contribution in [3.8, 4) is 11.5 Å². The number of hydrogen-bond donors (Lipinski definition) is 3. The maximum atomic E-state index is 9.40. The third-order valence-corrected chi connectivity index (χ3v) is 2.29. The van der Waals surface area contributed by atoms with Crippen molar-refractivity contribution < 1.29 is 19.7 Å². The second kappa shape index (κ2) is 3.69. The molecule has 15 heavy (non-hydrogen) atoms. The summed E-state index contributed by atoms with van der Waals surface area (Å²) in [4.78, 5) is 0. The quantitative estimate of drug-likeness (QED) is 0.605. The zero-order valence-electron chi connectivity index (χ0n) is 8.36. The van der Waals surface area contributed by atoms with E-state index < -0.39 is 5.91 Å². The van der Waals surface area contributed by atoms with Gasteiger partial charge in [0, 0.05) is 6.42 Å². The van der Waals surface area contributed by atoms with Gasteiger partial charge in [-0.05, 0) is 24.7 Å². The van der Waals surface area contributed by atoms with Crippen LogP contribution in [0.1, 0.15) is 5.56 Å². The molecule has 0 unspecified atom stereocenters. The summed E-state index contributed by atoms with van der Waals surface area (Å²) in [6.45, 7) is 0.216. The van der Waals surface area contributed by atoms with E-state index in [4.69, 9.17) is 9.47 Å². The predicted molar refractivity (Wildman–Crippen MR) is 52.5 cm³/mol. The van der Waals surface area contributed by atoms with E-state index >= 15 is 0 Å². The van der Waals surface area contributed by atoms with Crippen molar-refractivity contribution in [3.05, 3.63) is 23.8 Å². The standard InChI is InChI=1S/C10H13NO4/c1-11-10(12,13)5-7-2-3-8-9(4-7)15-6-14-8/h2-4,11-13H,5-6H2,1H3. The highest BCUT2D eigenvalue weighted by Gasteiger charge is 2.22. The highest BCUT2D eigenvalue weighted by molar-refractivity contribution is 5.44. The van der Waals surface area contributed by atoms with Gasteiger partial charge < -0.3 is 19.7 Å². The molecule has 0 aliphatic carbocycles. The Hall–Kier alpha value is -1.30. The normalized spacial score (nSPS) is 14.3. The molecule has 0 saturated carbocycles. The molecule has 0 aromatic heterocycles. The van der Waals surface area contributed by atoms with E-state index in [-0.39, 0.29) is 13.2 Å². The average molecular weight is 211 g/mol. The van der Waals surface area contributed by atoms with Crippen LogP contribution in [0.3, 0.4) is 0 Å². The van der Waals surface area contributed by atoms with Crippen molar-refractivity contribution in [2.45, 2.75) is 12.3 Å². The largest absolute Gasteiger partial charge is 0.454 e. The molecule has 2 rings (SSSR count). The molecule has 0 spiro atoms. The van der Waals surface area contributed by atoms with Gasteiger partial charge >= 0.3 is 0 Å². The molecule has 0 radical (unpaired) electrons. The molecule has 5 nitrogen and oxygen atoms in total. The van der Waals surface area contributed by atoms with Gasteiger partial charge in [-0.25, -0.2) is 0 Å². The molecule has 1 aliphatic rings. The minimum absolute atomic E-state index is 0.0835. The number of hydrogen-bond acceptors (Lipinski definition) is 5. The van der Waals surface area contributed by atoms with Crippen molar-refractivity contribution >= 4 is 0 Å². The van der Waals surface area contributed by atoms with Crippen molar-refractivity contribution in [1.29, 1.82) is 0 Å². The molecule has 1 aromatic rings. The summed E-state index contributed by atoms with van der Waals surface area (Å²) >= 11 is 0. The molecular weight excluding hydrogens is 198 g/mol. The fourth-order valence-electron chi connectivity index (χ4n) is 1.42. The highest BCUT2D eigenvalue weighted by Crippen LogP contribution is 2.32. The molecule has 0 bridgehead atoms. The van der Waals surface area contributed by atoms with Gasteiger partial charge in [0.05, 0.1) is 0 Å². The van der Waals surface area contributed by atoms with E-state index in [1.54, 1.807) is 18.2 Å². The number of likely N-dealkylation sites (N-methyl/N-ethyl adjacent to an activating group) is 1. The number of aliphatic hydroxyl groups is 2. The molecule has 0 atom stereocenters. The molecule has 1 aromatic carbocycles. The summed E-state index contributed by atoms with van der Waals surface area (Å²) in [5.74, 6) is -0.572. The number of nitrogens with one attached hydrogen (secondary N) is 1. The van der Waals surface area contributed by atoms with Gasteiger partial charge in [-0.1, -0.05) is 6.07 Å². The minimum Gasteiger partial charge on any atom is -0.454 e. The Kier molecular flexibility index (Phi) is 2.52. The SMILES string of the molecule is CNC(O)(O)Cc1ccc2c(c1)OCO2. The van der Waals surface area contributed by atoms with Crippen LogP contribution in [0.25, 0.3) is 0 Å². The third kappa shape index (κ3) is 2.20. The Morgan fingerprint density at radius 1 is 1.33 bits per heavy atom. The summed E-state index contributed by atoms with van der Waals surface area (Å²) in [6.07, 6.45) is 0.0835. The van der Waals surface area contributed by atoms with E-state index in [9.17, 15) is 10.2 Å². The lowest BCUT2D eigenvalue weighted by Crippen LogP contribution is -2.44. The van der Waals surface area contributed by atoms with Crippen LogP contribution >= 0.6 is 0 Å². The van der Waals surface area contributed by atoms with Crippen LogP contribution in [0.2, 0.25) is 0 Å². The first-order chi connectivity index (χ1) is 7.11. The van der Waals surface area contributed by atoms with E-state index in [2.05, 4.69) is 5.32 Å². The van der Waals surface area contributed by atoms with Crippen LogP contribution in [0, 0.1) is 0 Å². The van der Waals surface area contributed by atoms with Gasteiger partial charge in [0.2, 0.25) is 12.7 Å². The van der Waals surface area contributed by atoms with Crippen molar-refractivity contribution in [3.63, 3.8) is 0 Å². The van der Waals surface area contributed by atoms with Crippen LogP contribution in [0.5, 0.6) is 11.5 Å². The number of fused-ring (bicyclic) bond motifs is 1. The number of ether oxygens (including phenoxy) is 2. The van der Waals surface area contributed by atoms with E-state index in [0.717, 1.165) is 5.56 Å². The Labute approximate surface area is 87.3 Å². The molecule has 3 N–H and O–H groups in total. The second-order valence-corrected chi connectivity index (χ2v) is 3.43. The molecule has 1 heterocycles. The van der Waals surface area contributed by atoms with E-state index in [1.807, 2.05) is 0 Å². The first-order valence-corrected chi connectivity index (χ1v) is 4.63. The fraction of sp³-hybridized carbons (Fsp3) is 0.400. The Bertz CT molecular complexity index is 364. The van der Waals surface area contributed by atoms with Gasteiger partial charge in [-0.2, -0.15) is 0 Å². The highest BCUT2D eigenvalue weighted by atomic mass is 16.7. The number of benzene rings is 1. The van der Waals surface area contributed by atoms with Gasteiger partial charge in [-0.15, -0.1) is 0 Å². The Balaban J connectivity index is 2.17. The van der Waals surface area contributed by atoms with Gasteiger partial charge in [0.25, 0.3) is 0 Å². The molecule has 1 aliphatic heterocycles. The van der Waals surface area contributed by atoms with Crippen LogP contribution in [0.15, 0.2) is 18.2 Å². The van der Waals surface area contributed by atoms with Crippen molar-refractivity contribution in [2.75, 3.05) is 13.8 Å². The van der Waals surface area contributed by atoms with Gasteiger partial charge in [0.1, 0.15) is 0 Å². The van der Waals surface area contributed by atoms with Crippen molar-refractivity contribution in [2.24, 2.45) is 0 Å². The lowest BCUT2D eigenvalue weighted by molar-refractivity contribution is -0.179. The van der Waals surface area contributed by atoms with E-state index in [1.165, 1.54) is 7.05 Å². The summed E-state index contributed by atoms with van der Waals surface area (Å²) < 4.78 is 10.3. The Morgan fingerprint density at radius 3 is 2.80 bits per heavy atom. The average Bonchev–Trinajstić information content (AvgIpc) is 2.64. The monoisotopic (exact) mass is 211 g/mol. The summed E-state index contributed by atoms with van der Waals surface area (Å²) in [7, 11) is 1.48. The summed E-state index contributed by atoms with van der Waals surface area (Å²) in [5, 5.41) is 21.2. The zero-order valence-corrected chi connectivity index (χ0v) is 8.36. The first kappa shape index (κ1) is 10.2. The molecule has 0 amide bonds. The fourth-order valence-corrected chi connectivity index (χ4v) is 1.42. The van der Waals surface area contributed by atoms with Gasteiger partial charge in [-0.3, -0.25) is 5.32 Å². The van der Waals surface area contributed by atoms with Crippen LogP contribution in [0.4, 0.5) is 0 Å². The smallest absolute Gasteiger partial charge is 0.231 e. The van der Waals surface area contributed by atoms with Gasteiger partial charge in [0.15, 0.2) is 11.5 Å². The second-order valence-electron chi connectivity index (χ2n) is 3.43. The maximum absolute atomic E-state index is 9.40. The van der Waals surface area contributed by atoms with Crippen LogP contribution < -0.4 is 14.8 Å². The molecule has 82 valence electrons. The molecule has 0 fully saturated rings. The van der Waals surface area contributed by atoms with Crippen molar-refractivity contribution in [1.82, 2.24) is 5.32 Å². The molecule has 5 heteroatoms. The maximum Gasteiger partial charge on any atom is 0.231 e. The summed E-state index contributed by atoms with van der Waals surface area (Å²) in [6, 6.07) is 5.26. The lowest BCUT2D eigenvalue weighted by Gasteiger charge is -2.20. The van der Waals surface area contributed by atoms with E-state index in [0.29, 0.717) is 11.5 Å². The zero-order chi connectivity index (χ0) is 10.9. The summed E-state index contributed by atoms with van der Waals surface area (Å²) in [5.41, 5.74) is 0.763. The molecular formula is C10H13NO4. The third-order valence-electron chi connectivity index (χ3n) is 2.29.